The van der Waals surface area contributed by atoms with Gasteiger partial charge in [0.2, 0.25) is 5.91 Å². The maximum Gasteiger partial charge on any atom is 0.238 e. The summed E-state index contributed by atoms with van der Waals surface area (Å²) >= 11 is 18.0. The van der Waals surface area contributed by atoms with Gasteiger partial charge in [0.1, 0.15) is 0 Å². The Morgan fingerprint density at radius 3 is 2.27 bits per heavy atom. The van der Waals surface area contributed by atoms with Crippen LogP contribution in [0.4, 0.5) is 5.69 Å². The molecule has 0 saturated heterocycles. The number of carbonyl (C=O) groups excluding carboxylic acids is 1. The van der Waals surface area contributed by atoms with Crippen LogP contribution in [-0.4, -0.2) is 30.4 Å². The predicted molar refractivity (Wildman–Crippen MR) is 94.2 cm³/mol. The minimum absolute atomic E-state index is 0.118. The quantitative estimate of drug-likeness (QED) is 0.807. The molecule has 1 amide bonds. The number of rotatable bonds is 4. The summed E-state index contributed by atoms with van der Waals surface area (Å²) in [4.78, 5) is 14.3. The van der Waals surface area contributed by atoms with Gasteiger partial charge in [-0.25, -0.2) is 0 Å². The van der Waals surface area contributed by atoms with E-state index in [1.54, 1.807) is 12.1 Å². The number of hydrogen-bond donors (Lipinski definition) is 1. The first-order chi connectivity index (χ1) is 10.4. The molecule has 1 saturated carbocycles. The van der Waals surface area contributed by atoms with Crippen LogP contribution in [-0.2, 0) is 4.79 Å². The molecular weight excluding hydrogens is 343 g/mol. The normalized spacial score (nSPS) is 21.9. The lowest BCUT2D eigenvalue weighted by atomic mass is 9.87. The number of hydrogen-bond acceptors (Lipinski definition) is 2. The van der Waals surface area contributed by atoms with Crippen molar-refractivity contribution in [2.24, 2.45) is 5.92 Å². The Labute approximate surface area is 146 Å². The van der Waals surface area contributed by atoms with Gasteiger partial charge in [-0.1, -0.05) is 41.7 Å². The van der Waals surface area contributed by atoms with Crippen LogP contribution < -0.4 is 5.32 Å². The summed E-state index contributed by atoms with van der Waals surface area (Å²) in [6, 6.07) is 3.60. The van der Waals surface area contributed by atoms with Crippen LogP contribution in [0.15, 0.2) is 12.1 Å². The van der Waals surface area contributed by atoms with Crippen molar-refractivity contribution in [1.29, 1.82) is 0 Å². The van der Waals surface area contributed by atoms with E-state index >= 15 is 0 Å². The molecule has 0 unspecified atom stereocenters. The van der Waals surface area contributed by atoms with Crippen LogP contribution >= 0.6 is 34.8 Å². The molecule has 2 rings (SSSR count). The zero-order valence-electron chi connectivity index (χ0n) is 12.8. The Kier molecular flexibility index (Phi) is 6.39. The maximum absolute atomic E-state index is 12.2. The van der Waals surface area contributed by atoms with Gasteiger partial charge in [-0.2, -0.15) is 0 Å². The highest BCUT2D eigenvalue weighted by atomic mass is 35.5. The second-order valence-electron chi connectivity index (χ2n) is 6.12. The largest absolute Gasteiger partial charge is 0.322 e. The topological polar surface area (TPSA) is 32.3 Å². The number of nitrogens with zero attached hydrogens (tertiary/aromatic N) is 1. The lowest BCUT2D eigenvalue weighted by Gasteiger charge is -2.33. The van der Waals surface area contributed by atoms with Gasteiger partial charge in [0.25, 0.3) is 0 Å². The molecule has 0 aromatic heterocycles. The number of nitrogens with one attached hydrogen (secondary N) is 1. The third-order valence-corrected chi connectivity index (χ3v) is 5.09. The fraction of sp³-hybridized carbons (Fsp3) is 0.562. The van der Waals surface area contributed by atoms with Gasteiger partial charge in [-0.3, -0.25) is 9.69 Å². The van der Waals surface area contributed by atoms with E-state index in [9.17, 15) is 4.79 Å². The van der Waals surface area contributed by atoms with Crippen LogP contribution in [0, 0.1) is 5.92 Å². The molecule has 1 fully saturated rings. The Morgan fingerprint density at radius 1 is 1.18 bits per heavy atom. The van der Waals surface area contributed by atoms with E-state index in [1.807, 2.05) is 7.05 Å². The number of anilines is 1. The van der Waals surface area contributed by atoms with Gasteiger partial charge in [-0.05, 0) is 50.8 Å². The number of amides is 1. The molecule has 0 aliphatic heterocycles. The number of carbonyl (C=O) groups is 1. The predicted octanol–water partition coefficient (Wildman–Crippen LogP) is 5.10. The monoisotopic (exact) mass is 362 g/mol. The minimum atomic E-state index is -0.118. The second kappa shape index (κ2) is 7.87. The standard InChI is InChI=1S/C16H21Cl3N2O/c1-10-3-5-12(6-4-10)21(2)9-15(22)20-16-13(18)7-11(17)8-14(16)19/h7-8,10,12H,3-6,9H2,1-2H3,(H,20,22). The first kappa shape index (κ1) is 17.9. The number of likely N-dealkylation sites (N-methyl/N-ethyl adjacent to an activating group) is 1. The third kappa shape index (κ3) is 4.76. The van der Waals surface area contributed by atoms with E-state index in [0.717, 1.165) is 18.8 Å². The highest BCUT2D eigenvalue weighted by Crippen LogP contribution is 2.33. The summed E-state index contributed by atoms with van der Waals surface area (Å²) in [5.41, 5.74) is 0.420. The smallest absolute Gasteiger partial charge is 0.238 e. The van der Waals surface area contributed by atoms with Gasteiger partial charge in [0, 0.05) is 11.1 Å². The van der Waals surface area contributed by atoms with Gasteiger partial charge in [0.15, 0.2) is 0 Å². The van der Waals surface area contributed by atoms with Crippen LogP contribution in [0.25, 0.3) is 0 Å². The van der Waals surface area contributed by atoms with Crippen molar-refractivity contribution in [2.75, 3.05) is 18.9 Å². The van der Waals surface area contributed by atoms with Crippen LogP contribution in [0.5, 0.6) is 0 Å². The van der Waals surface area contributed by atoms with E-state index in [4.69, 9.17) is 34.8 Å². The summed E-state index contributed by atoms with van der Waals surface area (Å²) < 4.78 is 0. The summed E-state index contributed by atoms with van der Waals surface area (Å²) in [6.45, 7) is 2.61. The van der Waals surface area contributed by atoms with Gasteiger partial charge in [-0.15, -0.1) is 0 Å². The summed E-state index contributed by atoms with van der Waals surface area (Å²) in [6.07, 6.45) is 4.75. The van der Waals surface area contributed by atoms with Gasteiger partial charge < -0.3 is 5.32 Å². The summed E-state index contributed by atoms with van der Waals surface area (Å²) in [5.74, 6) is 0.678. The molecule has 1 N–H and O–H groups in total. The lowest BCUT2D eigenvalue weighted by molar-refractivity contribution is -0.117. The Hall–Kier alpha value is -0.480. The molecule has 22 heavy (non-hydrogen) atoms. The van der Waals surface area contributed by atoms with Crippen molar-refractivity contribution in [3.05, 3.63) is 27.2 Å². The molecule has 1 aliphatic carbocycles. The molecule has 1 aromatic rings. The van der Waals surface area contributed by atoms with E-state index in [1.165, 1.54) is 12.8 Å². The Balaban J connectivity index is 1.93. The third-order valence-electron chi connectivity index (χ3n) is 4.27. The molecule has 0 radical (unpaired) electrons. The zero-order chi connectivity index (χ0) is 16.3. The molecule has 6 heteroatoms. The minimum Gasteiger partial charge on any atom is -0.322 e. The van der Waals surface area contributed by atoms with Crippen molar-refractivity contribution < 1.29 is 4.79 Å². The molecule has 3 nitrogen and oxygen atoms in total. The van der Waals surface area contributed by atoms with Crippen molar-refractivity contribution in [3.8, 4) is 0 Å². The van der Waals surface area contributed by atoms with E-state index in [-0.39, 0.29) is 5.91 Å². The SMILES string of the molecule is CC1CCC(N(C)CC(=O)Nc2c(Cl)cc(Cl)cc2Cl)CC1. The van der Waals surface area contributed by atoms with E-state index in [2.05, 4.69) is 17.1 Å². The molecule has 0 atom stereocenters. The first-order valence-electron chi connectivity index (χ1n) is 7.51. The first-order valence-corrected chi connectivity index (χ1v) is 8.65. The summed E-state index contributed by atoms with van der Waals surface area (Å²) in [5, 5.41) is 3.92. The van der Waals surface area contributed by atoms with Gasteiger partial charge >= 0.3 is 0 Å². The average Bonchev–Trinajstić information content (AvgIpc) is 2.43. The molecule has 122 valence electrons. The number of halogens is 3. The highest BCUT2D eigenvalue weighted by molar-refractivity contribution is 6.42. The summed E-state index contributed by atoms with van der Waals surface area (Å²) in [7, 11) is 1.99. The fourth-order valence-corrected chi connectivity index (χ4v) is 3.79. The van der Waals surface area contributed by atoms with Crippen molar-refractivity contribution in [2.45, 2.75) is 38.6 Å². The Morgan fingerprint density at radius 2 is 1.73 bits per heavy atom. The number of benzene rings is 1. The maximum atomic E-state index is 12.2. The molecule has 1 aliphatic rings. The fourth-order valence-electron chi connectivity index (χ4n) is 2.88. The van der Waals surface area contributed by atoms with Crippen LogP contribution in [0.1, 0.15) is 32.6 Å². The van der Waals surface area contributed by atoms with Crippen molar-refractivity contribution >= 4 is 46.4 Å². The van der Waals surface area contributed by atoms with E-state index in [0.29, 0.717) is 33.3 Å². The molecular formula is C16H21Cl3N2O. The average molecular weight is 364 g/mol. The van der Waals surface area contributed by atoms with Crippen molar-refractivity contribution in [3.63, 3.8) is 0 Å². The Bertz CT molecular complexity index is 519. The van der Waals surface area contributed by atoms with Crippen LogP contribution in [0.3, 0.4) is 0 Å². The van der Waals surface area contributed by atoms with Crippen molar-refractivity contribution in [1.82, 2.24) is 4.90 Å². The molecule has 0 spiro atoms. The zero-order valence-corrected chi connectivity index (χ0v) is 15.1. The lowest BCUT2D eigenvalue weighted by Crippen LogP contribution is -2.39. The second-order valence-corrected chi connectivity index (χ2v) is 7.37. The van der Waals surface area contributed by atoms with E-state index < -0.39 is 0 Å². The van der Waals surface area contributed by atoms with Gasteiger partial charge in [0.05, 0.1) is 22.3 Å². The molecule has 0 bridgehead atoms. The van der Waals surface area contributed by atoms with Crippen LogP contribution in [0.2, 0.25) is 15.1 Å². The molecule has 0 heterocycles. The molecule has 1 aromatic carbocycles. The highest BCUT2D eigenvalue weighted by Gasteiger charge is 2.23.